The molecule has 45 heavy (non-hydrogen) atoms. The Balaban J connectivity index is 1.10. The highest BCUT2D eigenvalue weighted by molar-refractivity contribution is 7.14. The molecule has 0 bridgehead atoms. The number of carbonyl (C=O) groups excluding carboxylic acids is 3. The average Bonchev–Trinajstić information content (AvgIpc) is 3.53. The molecule has 1 atom stereocenters. The number of fused-ring (bicyclic) bond motifs is 1. The lowest BCUT2D eigenvalue weighted by Gasteiger charge is -2.40. The number of nitrogens with zero attached hydrogens (tertiary/aromatic N) is 3. The summed E-state index contributed by atoms with van der Waals surface area (Å²) < 4.78 is 6.06. The number of nitrogen functional groups attached to an aromatic ring is 1. The van der Waals surface area contributed by atoms with Gasteiger partial charge in [-0.15, -0.1) is 11.3 Å². The van der Waals surface area contributed by atoms with Crippen molar-refractivity contribution in [3.63, 3.8) is 0 Å². The van der Waals surface area contributed by atoms with Gasteiger partial charge in [0.25, 0.3) is 5.91 Å². The molecule has 6 rings (SSSR count). The predicted octanol–water partition coefficient (Wildman–Crippen LogP) is 5.34. The summed E-state index contributed by atoms with van der Waals surface area (Å²) in [6.07, 6.45) is 5.16. The molecule has 0 saturated carbocycles. The zero-order chi connectivity index (χ0) is 31.5. The number of urea groups is 1. The number of piperidine rings is 3. The second-order valence-corrected chi connectivity index (χ2v) is 14.2. The van der Waals surface area contributed by atoms with Crippen LogP contribution in [0.1, 0.15) is 62.1 Å². The quantitative estimate of drug-likeness (QED) is 0.346. The van der Waals surface area contributed by atoms with Crippen LogP contribution in [0.5, 0.6) is 0 Å². The second-order valence-electron chi connectivity index (χ2n) is 12.9. The molecule has 1 aromatic carbocycles. The fourth-order valence-electron chi connectivity index (χ4n) is 7.50. The van der Waals surface area contributed by atoms with Crippen LogP contribution < -0.4 is 16.4 Å². The van der Waals surface area contributed by atoms with E-state index in [2.05, 4.69) is 10.6 Å². The van der Waals surface area contributed by atoms with E-state index in [0.29, 0.717) is 74.5 Å². The van der Waals surface area contributed by atoms with Gasteiger partial charge in [-0.3, -0.25) is 10.1 Å². The van der Waals surface area contributed by atoms with Crippen molar-refractivity contribution in [2.45, 2.75) is 77.0 Å². The molecule has 0 spiro atoms. The van der Waals surface area contributed by atoms with Crippen LogP contribution in [-0.2, 0) is 28.9 Å². The van der Waals surface area contributed by atoms with E-state index in [1.165, 1.54) is 24.2 Å². The van der Waals surface area contributed by atoms with Gasteiger partial charge in [0.1, 0.15) is 5.00 Å². The first-order valence-corrected chi connectivity index (χ1v) is 17.7. The third-order valence-electron chi connectivity index (χ3n) is 10.2. The van der Waals surface area contributed by atoms with E-state index in [-0.39, 0.29) is 24.4 Å². The van der Waals surface area contributed by atoms with Crippen molar-refractivity contribution in [1.29, 1.82) is 0 Å². The van der Waals surface area contributed by atoms with Gasteiger partial charge in [0.15, 0.2) is 6.10 Å². The van der Waals surface area contributed by atoms with Crippen LogP contribution in [0.2, 0.25) is 5.02 Å². The molecule has 4 aliphatic heterocycles. The Labute approximate surface area is 274 Å². The minimum absolute atomic E-state index is 0.0326. The van der Waals surface area contributed by atoms with Gasteiger partial charge in [0.2, 0.25) is 0 Å². The number of halogens is 1. The number of hydrogen-bond donors (Lipinski definition) is 3. The van der Waals surface area contributed by atoms with Gasteiger partial charge in [-0.1, -0.05) is 24.6 Å². The van der Waals surface area contributed by atoms with Crippen molar-refractivity contribution in [3.05, 3.63) is 45.3 Å². The molecule has 2 aromatic rings. The average molecular weight is 657 g/mol. The normalized spacial score (nSPS) is 20.9. The first-order valence-electron chi connectivity index (χ1n) is 16.5. The van der Waals surface area contributed by atoms with E-state index in [0.717, 1.165) is 47.6 Å². The van der Waals surface area contributed by atoms with Crippen molar-refractivity contribution >= 4 is 51.7 Å². The number of hydrogen-bond acceptors (Lipinski definition) is 7. The van der Waals surface area contributed by atoms with Gasteiger partial charge in [-0.25, -0.2) is 9.59 Å². The van der Waals surface area contributed by atoms with E-state index in [4.69, 9.17) is 22.1 Å². The summed E-state index contributed by atoms with van der Waals surface area (Å²) in [6, 6.07) is 5.73. The van der Waals surface area contributed by atoms with Crippen LogP contribution in [0, 0.1) is 11.8 Å². The van der Waals surface area contributed by atoms with E-state index in [1.807, 2.05) is 34.2 Å². The number of nitrogens with one attached hydrogen (secondary N) is 2. The van der Waals surface area contributed by atoms with E-state index < -0.39 is 12.2 Å². The van der Waals surface area contributed by atoms with Crippen molar-refractivity contribution < 1.29 is 19.1 Å². The van der Waals surface area contributed by atoms with Gasteiger partial charge in [-0.05, 0) is 98.5 Å². The standard InChI is InChI=1S/C33H45ClN6O4S/c1-2-22-17-21(18-27(34)29(22)35)19-28(31(41)38-12-5-24(6-13-38)23-3-10-36-11-4-23)44-33(43)39-14-7-26(8-15-39)40-20-25-9-16-45-30(25)37-32(40)42/h9,16-18,23-24,26,28,36H,2-8,10-15,19-20,35H2,1H3,(H,37,42)/t28-/m1/s1. The smallest absolute Gasteiger partial charge is 0.410 e. The zero-order valence-corrected chi connectivity index (χ0v) is 27.6. The summed E-state index contributed by atoms with van der Waals surface area (Å²) >= 11 is 8.00. The molecule has 12 heteroatoms. The number of likely N-dealkylation sites (tertiary alicyclic amines) is 2. The van der Waals surface area contributed by atoms with Gasteiger partial charge in [-0.2, -0.15) is 0 Å². The van der Waals surface area contributed by atoms with Crippen molar-refractivity contribution in [1.82, 2.24) is 20.0 Å². The fourth-order valence-corrected chi connectivity index (χ4v) is 8.56. The van der Waals surface area contributed by atoms with Gasteiger partial charge >= 0.3 is 12.1 Å². The van der Waals surface area contributed by atoms with Crippen molar-refractivity contribution in [2.24, 2.45) is 11.8 Å². The lowest BCUT2D eigenvalue weighted by Crippen LogP contribution is -2.52. The number of thiophene rings is 1. The number of nitrogens with two attached hydrogens (primary N) is 1. The number of benzene rings is 1. The number of rotatable bonds is 7. The van der Waals surface area contributed by atoms with E-state index in [1.54, 1.807) is 11.0 Å². The molecule has 0 aliphatic carbocycles. The summed E-state index contributed by atoms with van der Waals surface area (Å²) in [7, 11) is 0. The molecule has 3 fully saturated rings. The van der Waals surface area contributed by atoms with Gasteiger partial charge in [0.05, 0.1) is 17.3 Å². The molecule has 10 nitrogen and oxygen atoms in total. The number of carbonyl (C=O) groups is 3. The first-order chi connectivity index (χ1) is 21.8. The Hall–Kier alpha value is -3.02. The number of anilines is 2. The van der Waals surface area contributed by atoms with Crippen molar-refractivity contribution in [2.75, 3.05) is 50.3 Å². The maximum Gasteiger partial charge on any atom is 0.410 e. The summed E-state index contributed by atoms with van der Waals surface area (Å²) in [5, 5.41) is 9.79. The van der Waals surface area contributed by atoms with Gasteiger partial charge < -0.3 is 30.5 Å². The summed E-state index contributed by atoms with van der Waals surface area (Å²) in [4.78, 5) is 45.7. The van der Waals surface area contributed by atoms with Gasteiger partial charge in [0, 0.05) is 44.2 Å². The van der Waals surface area contributed by atoms with Crippen LogP contribution in [-0.4, -0.2) is 84.1 Å². The molecule has 0 radical (unpaired) electrons. The molecule has 244 valence electrons. The summed E-state index contributed by atoms with van der Waals surface area (Å²) in [6.45, 7) is 7.01. The Kier molecular flexibility index (Phi) is 10.1. The zero-order valence-electron chi connectivity index (χ0n) is 26.1. The highest BCUT2D eigenvalue weighted by Gasteiger charge is 2.37. The lowest BCUT2D eigenvalue weighted by molar-refractivity contribution is -0.142. The molecule has 4 aliphatic rings. The highest BCUT2D eigenvalue weighted by atomic mass is 35.5. The molecular formula is C33H45ClN6O4S. The molecule has 1 aromatic heterocycles. The van der Waals surface area contributed by atoms with E-state index >= 15 is 0 Å². The van der Waals surface area contributed by atoms with Crippen molar-refractivity contribution in [3.8, 4) is 0 Å². The third kappa shape index (κ3) is 7.20. The summed E-state index contributed by atoms with van der Waals surface area (Å²) in [5.41, 5.74) is 9.59. The molecule has 5 heterocycles. The SMILES string of the molecule is CCc1cc(C[C@@H](OC(=O)N2CCC(N3Cc4ccsc4NC3=O)CC2)C(=O)N2CCC(C3CCNCC3)CC2)cc(Cl)c1N. The topological polar surface area (TPSA) is 120 Å². The fraction of sp³-hybridized carbons (Fsp3) is 0.606. The highest BCUT2D eigenvalue weighted by Crippen LogP contribution is 2.33. The maximum absolute atomic E-state index is 14.0. The van der Waals surface area contributed by atoms with Crippen LogP contribution >= 0.6 is 22.9 Å². The largest absolute Gasteiger partial charge is 0.436 e. The molecule has 3 saturated heterocycles. The number of aryl methyl sites for hydroxylation is 1. The maximum atomic E-state index is 14.0. The minimum atomic E-state index is -0.958. The lowest BCUT2D eigenvalue weighted by atomic mass is 9.79. The number of amides is 4. The molecule has 0 unspecified atom stereocenters. The Morgan fingerprint density at radius 3 is 2.44 bits per heavy atom. The Morgan fingerprint density at radius 1 is 1.04 bits per heavy atom. The summed E-state index contributed by atoms with van der Waals surface area (Å²) in [5.74, 6) is 1.20. The Bertz CT molecular complexity index is 1380. The first kappa shape index (κ1) is 31.9. The Morgan fingerprint density at radius 2 is 1.73 bits per heavy atom. The van der Waals surface area contributed by atoms with Crippen LogP contribution in [0.15, 0.2) is 23.6 Å². The van der Waals surface area contributed by atoms with Crippen LogP contribution in [0.4, 0.5) is 20.3 Å². The predicted molar refractivity (Wildman–Crippen MR) is 178 cm³/mol. The van der Waals surface area contributed by atoms with E-state index in [9.17, 15) is 14.4 Å². The van der Waals surface area contributed by atoms with Crippen LogP contribution in [0.25, 0.3) is 0 Å². The van der Waals surface area contributed by atoms with Crippen LogP contribution in [0.3, 0.4) is 0 Å². The third-order valence-corrected chi connectivity index (χ3v) is 11.4. The minimum Gasteiger partial charge on any atom is -0.436 e. The monoisotopic (exact) mass is 656 g/mol. The molecule has 4 amide bonds. The molecule has 4 N–H and O–H groups in total. The molecular weight excluding hydrogens is 612 g/mol. The second kappa shape index (κ2) is 14.2. The number of ether oxygens (including phenoxy) is 1.